The number of aliphatic hydroxyl groups is 1. The molecule has 0 aliphatic carbocycles. The van der Waals surface area contributed by atoms with E-state index >= 15 is 0 Å². The Balaban J connectivity index is 5.22. The number of unbranched alkanes of at least 4 members (excludes halogenated alkanes) is 54. The van der Waals surface area contributed by atoms with E-state index in [2.05, 4.69) is 27.7 Å². The lowest BCUT2D eigenvalue weighted by Crippen LogP contribution is -2.30. The molecule has 0 aromatic heterocycles. The molecule has 0 radical (unpaired) electrons. The Morgan fingerprint density at radius 1 is 0.245 bits per heavy atom. The van der Waals surface area contributed by atoms with Gasteiger partial charge >= 0.3 is 39.5 Å². The molecule has 0 aliphatic heterocycles. The Kier molecular flexibility index (Phi) is 71.9. The van der Waals surface area contributed by atoms with Gasteiger partial charge in [0, 0.05) is 25.7 Å². The van der Waals surface area contributed by atoms with Gasteiger partial charge in [0.1, 0.15) is 19.3 Å². The molecule has 0 aliphatic rings. The van der Waals surface area contributed by atoms with E-state index in [9.17, 15) is 43.2 Å². The van der Waals surface area contributed by atoms with Gasteiger partial charge in [0.25, 0.3) is 0 Å². The van der Waals surface area contributed by atoms with Crippen molar-refractivity contribution in [2.75, 3.05) is 39.6 Å². The summed E-state index contributed by atoms with van der Waals surface area (Å²) in [6.45, 7) is 5.01. The van der Waals surface area contributed by atoms with E-state index in [0.29, 0.717) is 25.7 Å². The van der Waals surface area contributed by atoms with Gasteiger partial charge < -0.3 is 33.8 Å². The number of phosphoric acid groups is 2. The maximum Gasteiger partial charge on any atom is 0.472 e. The molecule has 582 valence electrons. The van der Waals surface area contributed by atoms with Gasteiger partial charge in [-0.3, -0.25) is 37.3 Å². The van der Waals surface area contributed by atoms with Crippen LogP contribution in [0.3, 0.4) is 0 Å². The zero-order valence-corrected chi connectivity index (χ0v) is 65.6. The van der Waals surface area contributed by atoms with Crippen LogP contribution >= 0.6 is 15.6 Å². The number of hydrogen-bond donors (Lipinski definition) is 3. The Morgan fingerprint density at radius 2 is 0.408 bits per heavy atom. The van der Waals surface area contributed by atoms with Gasteiger partial charge in [0.15, 0.2) is 12.2 Å². The summed E-state index contributed by atoms with van der Waals surface area (Å²) in [5.74, 6) is -2.11. The van der Waals surface area contributed by atoms with Gasteiger partial charge in [-0.15, -0.1) is 0 Å². The highest BCUT2D eigenvalue weighted by Gasteiger charge is 2.30. The van der Waals surface area contributed by atoms with Crippen molar-refractivity contribution in [3.05, 3.63) is 0 Å². The molecule has 0 saturated carbocycles. The predicted octanol–water partition coefficient (Wildman–Crippen LogP) is 23.8. The van der Waals surface area contributed by atoms with Crippen LogP contribution in [0.25, 0.3) is 0 Å². The maximum absolute atomic E-state index is 13.1. The number of rotatable bonds is 80. The first kappa shape index (κ1) is 96.1. The minimum Gasteiger partial charge on any atom is -0.462 e. The number of aliphatic hydroxyl groups excluding tert-OH is 1. The molecule has 19 heteroatoms. The van der Waals surface area contributed by atoms with Crippen molar-refractivity contribution in [2.24, 2.45) is 0 Å². The number of esters is 4. The third kappa shape index (κ3) is 72.4. The normalized spacial score (nSPS) is 13.8. The van der Waals surface area contributed by atoms with E-state index in [0.717, 1.165) is 89.9 Å². The monoisotopic (exact) mass is 1440 g/mol. The van der Waals surface area contributed by atoms with E-state index in [1.165, 1.54) is 257 Å². The molecule has 0 fully saturated rings. The zero-order valence-electron chi connectivity index (χ0n) is 63.8. The molecule has 5 atom stereocenters. The van der Waals surface area contributed by atoms with E-state index in [4.69, 9.17) is 37.0 Å². The molecular formula is C79H154O17P2. The minimum absolute atomic E-state index is 0.108. The second-order valence-electron chi connectivity index (χ2n) is 28.5. The SMILES string of the molecule is CCCCCCCCCCCCCCCCCCCCCCC(=O)O[C@H](COC(=O)CCCCCCCCCCCCCCCC)COP(=O)(O)OC[C@@H](O)COP(=O)(O)OC[C@@H](COC(=O)CCCCCCCCCCCCCC)OC(=O)CCCCCCCCCCCCCC. The molecule has 0 aromatic rings. The molecule has 0 heterocycles. The summed E-state index contributed by atoms with van der Waals surface area (Å²) < 4.78 is 68.6. The van der Waals surface area contributed by atoms with Crippen molar-refractivity contribution >= 4 is 39.5 Å². The van der Waals surface area contributed by atoms with Crippen molar-refractivity contribution in [1.29, 1.82) is 0 Å². The average Bonchev–Trinajstić information content (AvgIpc) is 1.06. The van der Waals surface area contributed by atoms with Crippen molar-refractivity contribution < 1.29 is 80.2 Å². The van der Waals surface area contributed by atoms with Crippen LogP contribution in [0.1, 0.15) is 426 Å². The number of hydrogen-bond acceptors (Lipinski definition) is 15. The molecule has 0 aromatic carbocycles. The summed E-state index contributed by atoms with van der Waals surface area (Å²) in [7, 11) is -9.91. The number of phosphoric ester groups is 2. The summed E-state index contributed by atoms with van der Waals surface area (Å²) in [6.07, 6.45) is 65.1. The molecule has 0 saturated heterocycles. The van der Waals surface area contributed by atoms with Crippen molar-refractivity contribution in [3.8, 4) is 0 Å². The smallest absolute Gasteiger partial charge is 0.462 e. The number of ether oxygens (including phenoxy) is 4. The quantitative estimate of drug-likeness (QED) is 0.0222. The molecule has 0 bridgehead atoms. The van der Waals surface area contributed by atoms with Crippen LogP contribution in [0.4, 0.5) is 0 Å². The van der Waals surface area contributed by atoms with Crippen LogP contribution in [0.5, 0.6) is 0 Å². The fraction of sp³-hybridized carbons (Fsp3) is 0.949. The van der Waals surface area contributed by atoms with Gasteiger partial charge in [-0.05, 0) is 25.7 Å². The van der Waals surface area contributed by atoms with Crippen molar-refractivity contribution in [3.63, 3.8) is 0 Å². The average molecular weight is 1440 g/mol. The molecule has 2 unspecified atom stereocenters. The molecule has 3 N–H and O–H groups in total. The first-order valence-corrected chi connectivity index (χ1v) is 44.3. The van der Waals surface area contributed by atoms with Gasteiger partial charge in [-0.1, -0.05) is 374 Å². The molecule has 98 heavy (non-hydrogen) atoms. The first-order chi connectivity index (χ1) is 47.7. The number of carbonyl (C=O) groups excluding carboxylic acids is 4. The van der Waals surface area contributed by atoms with Gasteiger partial charge in [0.2, 0.25) is 0 Å². The third-order valence-electron chi connectivity index (χ3n) is 18.6. The molecule has 0 amide bonds. The van der Waals surface area contributed by atoms with Gasteiger partial charge in [-0.2, -0.15) is 0 Å². The van der Waals surface area contributed by atoms with Crippen LogP contribution < -0.4 is 0 Å². The van der Waals surface area contributed by atoms with Crippen LogP contribution in [0.15, 0.2) is 0 Å². The lowest BCUT2D eigenvalue weighted by Gasteiger charge is -2.21. The Labute approximate surface area is 600 Å². The third-order valence-corrected chi connectivity index (χ3v) is 20.5. The van der Waals surface area contributed by atoms with E-state index in [-0.39, 0.29) is 25.7 Å². The second-order valence-corrected chi connectivity index (χ2v) is 31.4. The van der Waals surface area contributed by atoms with Crippen molar-refractivity contribution in [2.45, 2.75) is 444 Å². The topological polar surface area (TPSA) is 237 Å². The van der Waals surface area contributed by atoms with E-state index in [1.54, 1.807) is 0 Å². The van der Waals surface area contributed by atoms with Crippen molar-refractivity contribution in [1.82, 2.24) is 0 Å². The summed E-state index contributed by atoms with van der Waals surface area (Å²) in [5.41, 5.74) is 0. The van der Waals surface area contributed by atoms with Crippen LogP contribution in [0.2, 0.25) is 0 Å². The van der Waals surface area contributed by atoms with E-state index < -0.39 is 97.5 Å². The highest BCUT2D eigenvalue weighted by molar-refractivity contribution is 7.47. The van der Waals surface area contributed by atoms with Gasteiger partial charge in [0.05, 0.1) is 26.4 Å². The fourth-order valence-electron chi connectivity index (χ4n) is 12.3. The number of carbonyl (C=O) groups is 4. The zero-order chi connectivity index (χ0) is 71.8. The summed E-state index contributed by atoms with van der Waals surface area (Å²) in [4.78, 5) is 72.9. The Hall–Kier alpha value is -1.94. The van der Waals surface area contributed by atoms with Crippen LogP contribution in [-0.2, 0) is 65.4 Å². The predicted molar refractivity (Wildman–Crippen MR) is 400 cm³/mol. The van der Waals surface area contributed by atoms with E-state index in [1.807, 2.05) is 0 Å². The first-order valence-electron chi connectivity index (χ1n) is 41.3. The summed E-state index contributed by atoms with van der Waals surface area (Å²) in [6, 6.07) is 0. The summed E-state index contributed by atoms with van der Waals surface area (Å²) in [5, 5.41) is 10.6. The molecule has 0 spiro atoms. The Morgan fingerprint density at radius 3 is 0.602 bits per heavy atom. The van der Waals surface area contributed by atoms with Crippen LogP contribution in [-0.4, -0.2) is 96.7 Å². The van der Waals surface area contributed by atoms with Crippen LogP contribution in [0, 0.1) is 0 Å². The molecular weight excluding hydrogens is 1280 g/mol. The molecule has 0 rings (SSSR count). The highest BCUT2D eigenvalue weighted by atomic mass is 31.2. The second kappa shape index (κ2) is 73.4. The lowest BCUT2D eigenvalue weighted by molar-refractivity contribution is -0.161. The summed E-state index contributed by atoms with van der Waals surface area (Å²) >= 11 is 0. The standard InChI is InChI=1S/C79H154O17P2/c1-5-9-13-17-21-25-29-33-35-36-37-38-39-40-42-46-50-54-58-62-66-79(84)96-75(70-90-77(82)64-60-56-52-48-45-41-34-30-26-22-18-14-10-6-2)72-94-98(87,88)92-68-73(80)67-91-97(85,86)93-71-74(95-78(83)65-61-57-53-49-44-32-28-24-20-16-12-8-4)69-89-76(81)63-59-55-51-47-43-31-27-23-19-15-11-7-3/h73-75,80H,5-72H2,1-4H3,(H,85,86)(H,87,88)/t73-,74+,75+/m0/s1. The largest absolute Gasteiger partial charge is 0.472 e. The lowest BCUT2D eigenvalue weighted by atomic mass is 10.0. The van der Waals surface area contributed by atoms with Gasteiger partial charge in [-0.25, -0.2) is 9.13 Å². The fourth-order valence-corrected chi connectivity index (χ4v) is 13.9. The minimum atomic E-state index is -4.96. The maximum atomic E-state index is 13.1. The Bertz CT molecular complexity index is 1860. The highest BCUT2D eigenvalue weighted by Crippen LogP contribution is 2.45. The molecule has 17 nitrogen and oxygen atoms in total.